The number of allylic oxidation sites excluding steroid dienone is 1. The molecule has 2 rings (SSSR count). The van der Waals surface area contributed by atoms with Gasteiger partial charge in [0.05, 0.1) is 12.8 Å². The van der Waals surface area contributed by atoms with E-state index in [0.717, 1.165) is 51.6 Å². The van der Waals surface area contributed by atoms with Crippen molar-refractivity contribution in [1.29, 1.82) is 0 Å². The Morgan fingerprint density at radius 1 is 1.26 bits per heavy atom. The molecule has 0 heterocycles. The van der Waals surface area contributed by atoms with Crippen LogP contribution in [0.1, 0.15) is 51.4 Å². The van der Waals surface area contributed by atoms with Crippen molar-refractivity contribution in [3.8, 4) is 0 Å². The van der Waals surface area contributed by atoms with E-state index >= 15 is 0 Å². The van der Waals surface area contributed by atoms with Crippen LogP contribution in [0.2, 0.25) is 0 Å². The maximum atomic E-state index is 12.3. The van der Waals surface area contributed by atoms with Crippen LogP contribution in [0, 0.1) is 5.92 Å². The van der Waals surface area contributed by atoms with Crippen molar-refractivity contribution in [3.05, 3.63) is 23.3 Å². The average Bonchev–Trinajstić information content (AvgIpc) is 2.56. The summed E-state index contributed by atoms with van der Waals surface area (Å²) < 4.78 is 23.7. The monoisotopic (exact) mass is 344 g/mol. The number of hydrogen-bond acceptors (Lipinski definition) is 3. The Balaban J connectivity index is 1.61. The van der Waals surface area contributed by atoms with Crippen molar-refractivity contribution in [2.24, 2.45) is 5.92 Å². The lowest BCUT2D eigenvalue weighted by Crippen LogP contribution is -2.27. The van der Waals surface area contributed by atoms with E-state index in [-0.39, 0.29) is 24.9 Å². The predicted octanol–water partition coefficient (Wildman–Crippen LogP) is 4.70. The molecule has 130 valence electrons. The van der Waals surface area contributed by atoms with Crippen LogP contribution in [-0.4, -0.2) is 31.5 Å². The molecular weight excluding hydrogens is 319 g/mol. The van der Waals surface area contributed by atoms with Crippen LogP contribution in [-0.2, 0) is 14.3 Å². The van der Waals surface area contributed by atoms with Gasteiger partial charge in [-0.15, -0.1) is 0 Å². The summed E-state index contributed by atoms with van der Waals surface area (Å²) in [4.78, 5) is 11.4. The molecule has 0 spiro atoms. The maximum Gasteiger partial charge on any atom is 0.331 e. The molecule has 1 atom stereocenters. The highest BCUT2D eigenvalue weighted by atomic mass is 35.5. The molecule has 0 radical (unpaired) electrons. The minimum absolute atomic E-state index is 0.00693. The molecule has 0 aliphatic heterocycles. The Kier molecular flexibility index (Phi) is 8.10. The molecule has 1 unspecified atom stereocenters. The van der Waals surface area contributed by atoms with Crippen molar-refractivity contribution in [2.75, 3.05) is 13.3 Å². The van der Waals surface area contributed by atoms with Gasteiger partial charge in [0.25, 0.3) is 0 Å². The molecule has 1 saturated carbocycles. The minimum Gasteiger partial charge on any atom is -0.459 e. The summed E-state index contributed by atoms with van der Waals surface area (Å²) in [5.41, 5.74) is 2.42. The fourth-order valence-corrected chi connectivity index (χ4v) is 3.41. The van der Waals surface area contributed by atoms with Crippen molar-refractivity contribution < 1.29 is 18.7 Å². The first kappa shape index (κ1) is 18.5. The van der Waals surface area contributed by atoms with E-state index in [1.807, 2.05) is 0 Å². The van der Waals surface area contributed by atoms with Crippen LogP contribution in [0.4, 0.5) is 4.39 Å². The van der Waals surface area contributed by atoms with Gasteiger partial charge in [-0.2, -0.15) is 0 Å². The zero-order valence-corrected chi connectivity index (χ0v) is 14.3. The molecule has 5 heteroatoms. The molecule has 0 bridgehead atoms. The number of hydrogen-bond donors (Lipinski definition) is 0. The first-order chi connectivity index (χ1) is 11.2. The van der Waals surface area contributed by atoms with Gasteiger partial charge >= 0.3 is 5.97 Å². The van der Waals surface area contributed by atoms with E-state index in [1.165, 1.54) is 17.2 Å². The maximum absolute atomic E-state index is 12.3. The fourth-order valence-electron chi connectivity index (χ4n) is 3.31. The second-order valence-electron chi connectivity index (χ2n) is 6.40. The van der Waals surface area contributed by atoms with Gasteiger partial charge in [-0.3, -0.25) is 4.39 Å². The summed E-state index contributed by atoms with van der Waals surface area (Å²) in [7, 11) is 0. The molecule has 0 amide bonds. The summed E-state index contributed by atoms with van der Waals surface area (Å²) in [6.45, 7) is 0.519. The second-order valence-corrected chi connectivity index (χ2v) is 6.66. The highest BCUT2D eigenvalue weighted by molar-refractivity contribution is 6.26. The smallest absolute Gasteiger partial charge is 0.331 e. The Morgan fingerprint density at radius 3 is 2.65 bits per heavy atom. The van der Waals surface area contributed by atoms with Gasteiger partial charge in [0.1, 0.15) is 6.10 Å². The summed E-state index contributed by atoms with van der Waals surface area (Å²) in [5.74, 6) is 0.183. The van der Waals surface area contributed by atoms with Crippen molar-refractivity contribution in [2.45, 2.75) is 63.6 Å². The van der Waals surface area contributed by atoms with Gasteiger partial charge in [0, 0.05) is 18.2 Å². The topological polar surface area (TPSA) is 35.5 Å². The lowest BCUT2D eigenvalue weighted by Gasteiger charge is -2.30. The van der Waals surface area contributed by atoms with Gasteiger partial charge in [-0.25, -0.2) is 4.79 Å². The Morgan fingerprint density at radius 2 is 2.04 bits per heavy atom. The van der Waals surface area contributed by atoms with E-state index in [1.54, 1.807) is 0 Å². The Hall–Kier alpha value is -0.870. The van der Waals surface area contributed by atoms with Crippen molar-refractivity contribution in [1.82, 2.24) is 0 Å². The molecule has 0 aromatic heterocycles. The highest BCUT2D eigenvalue weighted by Gasteiger charge is 2.24. The minimum atomic E-state index is -0.363. The number of halogens is 2. The van der Waals surface area contributed by atoms with Crippen LogP contribution >= 0.6 is 11.6 Å². The van der Waals surface area contributed by atoms with Crippen LogP contribution in [0.25, 0.3) is 0 Å². The predicted molar refractivity (Wildman–Crippen MR) is 89.1 cm³/mol. The lowest BCUT2D eigenvalue weighted by molar-refractivity contribution is -0.145. The normalized spacial score (nSPS) is 28.6. The number of carbonyl (C=O) groups is 1. The number of esters is 1. The molecule has 2 aliphatic carbocycles. The summed E-state index contributed by atoms with van der Waals surface area (Å²) in [6.07, 6.45) is 11.0. The summed E-state index contributed by atoms with van der Waals surface area (Å²) in [6, 6.07) is 0. The summed E-state index contributed by atoms with van der Waals surface area (Å²) in [5, 5.41) is 0. The van der Waals surface area contributed by atoms with E-state index in [0.29, 0.717) is 12.3 Å². The number of ether oxygens (including phenoxy) is 2. The van der Waals surface area contributed by atoms with Crippen LogP contribution < -0.4 is 0 Å². The zero-order valence-electron chi connectivity index (χ0n) is 13.5. The van der Waals surface area contributed by atoms with Crippen LogP contribution in [0.5, 0.6) is 0 Å². The third-order valence-corrected chi connectivity index (χ3v) is 4.84. The van der Waals surface area contributed by atoms with Crippen molar-refractivity contribution >= 4 is 17.6 Å². The van der Waals surface area contributed by atoms with Crippen molar-refractivity contribution in [3.63, 3.8) is 0 Å². The molecular formula is C18H26ClFO3. The van der Waals surface area contributed by atoms with Gasteiger partial charge < -0.3 is 9.47 Å². The van der Waals surface area contributed by atoms with Gasteiger partial charge in [0.15, 0.2) is 0 Å². The zero-order chi connectivity index (χ0) is 16.5. The molecule has 0 saturated heterocycles. The highest BCUT2D eigenvalue weighted by Crippen LogP contribution is 2.29. The number of alkyl halides is 1. The van der Waals surface area contributed by atoms with Crippen LogP contribution in [0.15, 0.2) is 23.3 Å². The number of carbonyl (C=O) groups excluding carboxylic acids is 1. The first-order valence-corrected chi connectivity index (χ1v) is 8.97. The molecule has 3 nitrogen and oxygen atoms in total. The molecule has 1 fully saturated rings. The van der Waals surface area contributed by atoms with Gasteiger partial charge in [0.2, 0.25) is 0 Å². The Bertz CT molecular complexity index is 428. The standard InChI is InChI=1S/C18H26ClFO3/c19-11-9-18(21)23-17-7-3-15(4-8-17)13-22-16-5-1-14(2-6-16)10-12-20/h1,9,11,15-17H,2-8,10,12-13H2. The SMILES string of the molecule is O=C(C=CCl)OC1CCC(COC2CC=C(CCF)CC2)CC1. The van der Waals surface area contributed by atoms with E-state index in [9.17, 15) is 9.18 Å². The van der Waals surface area contributed by atoms with E-state index in [2.05, 4.69) is 6.08 Å². The largest absolute Gasteiger partial charge is 0.459 e. The summed E-state index contributed by atoms with van der Waals surface area (Å²) >= 11 is 5.36. The Labute approximate surface area is 142 Å². The number of rotatable bonds is 7. The fraction of sp³-hybridized carbons (Fsp3) is 0.722. The molecule has 23 heavy (non-hydrogen) atoms. The second kappa shape index (κ2) is 10.1. The molecule has 0 N–H and O–H groups in total. The van der Waals surface area contributed by atoms with E-state index < -0.39 is 0 Å². The quantitative estimate of drug-likeness (QED) is 0.381. The van der Waals surface area contributed by atoms with Gasteiger partial charge in [-0.1, -0.05) is 23.3 Å². The molecule has 0 aromatic rings. The van der Waals surface area contributed by atoms with Crippen LogP contribution in [0.3, 0.4) is 0 Å². The molecule has 0 aromatic carbocycles. The van der Waals surface area contributed by atoms with E-state index in [4.69, 9.17) is 21.1 Å². The third kappa shape index (κ3) is 6.64. The third-order valence-electron chi connectivity index (χ3n) is 4.72. The van der Waals surface area contributed by atoms with Gasteiger partial charge in [-0.05, 0) is 57.3 Å². The lowest BCUT2D eigenvalue weighted by atomic mass is 9.87. The molecule has 2 aliphatic rings. The average molecular weight is 345 g/mol. The first-order valence-electron chi connectivity index (χ1n) is 8.54.